The fourth-order valence-corrected chi connectivity index (χ4v) is 4.24. The van der Waals surface area contributed by atoms with Crippen molar-refractivity contribution in [1.29, 1.82) is 0 Å². The molecule has 184 valence electrons. The van der Waals surface area contributed by atoms with Crippen LogP contribution in [0.1, 0.15) is 54.9 Å². The predicted molar refractivity (Wildman–Crippen MR) is 123 cm³/mol. The molecular formula is C26H31F3N2O3. The molecule has 2 aromatic rings. The van der Waals surface area contributed by atoms with E-state index in [1.54, 1.807) is 26.0 Å². The lowest BCUT2D eigenvalue weighted by Gasteiger charge is -2.35. The summed E-state index contributed by atoms with van der Waals surface area (Å²) < 4.78 is 44.1. The van der Waals surface area contributed by atoms with Gasteiger partial charge >= 0.3 is 12.1 Å². The minimum absolute atomic E-state index is 0.431. The SMILES string of the molecule is CC(C)(Oc1ccc(CN2CCN(Cc3ccc(C(F)(F)F)cc3)CC2)cc1C1CC1)C(=O)O. The predicted octanol–water partition coefficient (Wildman–Crippen LogP) is 5.14. The van der Waals surface area contributed by atoms with E-state index in [1.807, 2.05) is 12.1 Å². The highest BCUT2D eigenvalue weighted by molar-refractivity contribution is 5.76. The lowest BCUT2D eigenvalue weighted by atomic mass is 10.0. The third-order valence-corrected chi connectivity index (χ3v) is 6.53. The molecule has 0 unspecified atom stereocenters. The Balaban J connectivity index is 1.32. The van der Waals surface area contributed by atoms with Crippen molar-refractivity contribution in [2.75, 3.05) is 26.2 Å². The highest BCUT2D eigenvalue weighted by Gasteiger charge is 2.34. The number of hydrogen-bond acceptors (Lipinski definition) is 4. The maximum atomic E-state index is 12.8. The van der Waals surface area contributed by atoms with Crippen molar-refractivity contribution >= 4 is 5.97 Å². The van der Waals surface area contributed by atoms with Gasteiger partial charge in [-0.3, -0.25) is 9.80 Å². The van der Waals surface area contributed by atoms with Crippen LogP contribution in [0.3, 0.4) is 0 Å². The molecule has 1 aliphatic carbocycles. The van der Waals surface area contributed by atoms with Gasteiger partial charge in [-0.2, -0.15) is 13.2 Å². The van der Waals surface area contributed by atoms with Crippen LogP contribution < -0.4 is 4.74 Å². The largest absolute Gasteiger partial charge is 0.478 e. The first-order valence-electron chi connectivity index (χ1n) is 11.7. The number of nitrogens with zero attached hydrogens (tertiary/aromatic N) is 2. The van der Waals surface area contributed by atoms with Crippen LogP contribution in [-0.4, -0.2) is 52.7 Å². The van der Waals surface area contributed by atoms with Crippen molar-refractivity contribution < 1.29 is 27.8 Å². The van der Waals surface area contributed by atoms with Crippen LogP contribution >= 0.6 is 0 Å². The second-order valence-electron chi connectivity index (χ2n) is 9.81. The van der Waals surface area contributed by atoms with Crippen molar-refractivity contribution in [3.63, 3.8) is 0 Å². The summed E-state index contributed by atoms with van der Waals surface area (Å²) in [5, 5.41) is 9.40. The number of halogens is 3. The van der Waals surface area contributed by atoms with Crippen molar-refractivity contribution in [1.82, 2.24) is 9.80 Å². The van der Waals surface area contributed by atoms with E-state index in [0.29, 0.717) is 18.2 Å². The van der Waals surface area contributed by atoms with Gasteiger partial charge in [0.2, 0.25) is 0 Å². The average molecular weight is 477 g/mol. The number of ether oxygens (including phenoxy) is 1. The van der Waals surface area contributed by atoms with Crippen molar-refractivity contribution in [3.8, 4) is 5.75 Å². The minimum Gasteiger partial charge on any atom is -0.478 e. The molecule has 0 bridgehead atoms. The summed E-state index contributed by atoms with van der Waals surface area (Å²) in [6.45, 7) is 8.02. The number of alkyl halides is 3. The van der Waals surface area contributed by atoms with Gasteiger partial charge < -0.3 is 9.84 Å². The van der Waals surface area contributed by atoms with E-state index < -0.39 is 23.3 Å². The van der Waals surface area contributed by atoms with Gasteiger partial charge in [0.05, 0.1) is 5.56 Å². The molecule has 1 aliphatic heterocycles. The molecule has 0 radical (unpaired) electrons. The Morgan fingerprint density at radius 1 is 0.941 bits per heavy atom. The summed E-state index contributed by atoms with van der Waals surface area (Å²) >= 11 is 0. The molecule has 5 nitrogen and oxygen atoms in total. The molecule has 0 atom stereocenters. The molecule has 2 aromatic carbocycles. The first kappa shape index (κ1) is 24.5. The summed E-state index contributed by atoms with van der Waals surface area (Å²) in [6, 6.07) is 11.5. The van der Waals surface area contributed by atoms with Gasteiger partial charge in [0.25, 0.3) is 0 Å². The van der Waals surface area contributed by atoms with Crippen LogP contribution in [0.4, 0.5) is 13.2 Å². The smallest absolute Gasteiger partial charge is 0.416 e. The van der Waals surface area contributed by atoms with Crippen LogP contribution in [0, 0.1) is 0 Å². The van der Waals surface area contributed by atoms with Gasteiger partial charge in [0.1, 0.15) is 5.75 Å². The van der Waals surface area contributed by atoms with E-state index in [2.05, 4.69) is 15.9 Å². The number of aliphatic carboxylic acids is 1. The van der Waals surface area contributed by atoms with Gasteiger partial charge in [-0.1, -0.05) is 24.3 Å². The van der Waals surface area contributed by atoms with Gasteiger partial charge in [-0.25, -0.2) is 4.79 Å². The Morgan fingerprint density at radius 3 is 1.97 bits per heavy atom. The van der Waals surface area contributed by atoms with Crippen LogP contribution in [0.5, 0.6) is 5.75 Å². The fourth-order valence-electron chi connectivity index (χ4n) is 4.24. The molecule has 1 N–H and O–H groups in total. The minimum atomic E-state index is -4.31. The van der Waals surface area contributed by atoms with Crippen LogP contribution in [0.25, 0.3) is 0 Å². The average Bonchev–Trinajstić information content (AvgIpc) is 3.61. The molecule has 2 aliphatic rings. The van der Waals surface area contributed by atoms with E-state index in [1.165, 1.54) is 5.56 Å². The topological polar surface area (TPSA) is 53.0 Å². The molecule has 4 rings (SSSR count). The molecule has 2 fully saturated rings. The molecule has 1 heterocycles. The quantitative estimate of drug-likeness (QED) is 0.572. The van der Waals surface area contributed by atoms with Crippen LogP contribution in [0.15, 0.2) is 42.5 Å². The molecule has 1 saturated heterocycles. The van der Waals surface area contributed by atoms with E-state index in [9.17, 15) is 23.1 Å². The number of piperazine rings is 1. The number of benzene rings is 2. The summed E-state index contributed by atoms with van der Waals surface area (Å²) in [6.07, 6.45) is -2.12. The molecule has 0 amide bonds. The summed E-state index contributed by atoms with van der Waals surface area (Å²) in [7, 11) is 0. The third kappa shape index (κ3) is 6.10. The van der Waals surface area contributed by atoms with Crippen LogP contribution in [0.2, 0.25) is 0 Å². The monoisotopic (exact) mass is 476 g/mol. The summed E-state index contributed by atoms with van der Waals surface area (Å²) in [5.74, 6) is 0.0904. The Hall–Kier alpha value is -2.58. The Bertz CT molecular complexity index is 1010. The second kappa shape index (κ2) is 9.58. The van der Waals surface area contributed by atoms with Gasteiger partial charge in [-0.15, -0.1) is 0 Å². The first-order valence-corrected chi connectivity index (χ1v) is 11.7. The molecule has 1 saturated carbocycles. The van der Waals surface area contributed by atoms with Gasteiger partial charge in [-0.05, 0) is 67.5 Å². The Kier molecular flexibility index (Phi) is 6.92. The lowest BCUT2D eigenvalue weighted by molar-refractivity contribution is -0.152. The van der Waals surface area contributed by atoms with Crippen molar-refractivity contribution in [2.24, 2.45) is 0 Å². The Morgan fingerprint density at radius 2 is 1.47 bits per heavy atom. The zero-order valence-electron chi connectivity index (χ0n) is 19.6. The number of carboxylic acids is 1. The zero-order chi connectivity index (χ0) is 24.5. The summed E-state index contributed by atoms with van der Waals surface area (Å²) in [4.78, 5) is 16.1. The van der Waals surface area contributed by atoms with Gasteiger partial charge in [0, 0.05) is 39.3 Å². The highest BCUT2D eigenvalue weighted by atomic mass is 19.4. The Labute approximate surface area is 198 Å². The molecule has 34 heavy (non-hydrogen) atoms. The zero-order valence-corrected chi connectivity index (χ0v) is 19.6. The van der Waals surface area contributed by atoms with E-state index in [-0.39, 0.29) is 0 Å². The van der Waals surface area contributed by atoms with E-state index >= 15 is 0 Å². The summed E-state index contributed by atoms with van der Waals surface area (Å²) in [5.41, 5.74) is 1.26. The van der Waals surface area contributed by atoms with E-state index in [0.717, 1.165) is 68.8 Å². The maximum Gasteiger partial charge on any atom is 0.416 e. The standard InChI is InChI=1S/C26H31F3N2O3/c1-25(2,24(32)33)34-23-10-5-19(15-22(23)20-6-7-20)17-31-13-11-30(12-14-31)16-18-3-8-21(9-4-18)26(27,28)29/h3-5,8-10,15,20H,6-7,11-14,16-17H2,1-2H3,(H,32,33). The molecular weight excluding hydrogens is 445 g/mol. The molecule has 0 spiro atoms. The van der Waals surface area contributed by atoms with Crippen LogP contribution in [-0.2, 0) is 24.1 Å². The fraction of sp³-hybridized carbons (Fsp3) is 0.500. The lowest BCUT2D eigenvalue weighted by Crippen LogP contribution is -2.45. The maximum absolute atomic E-state index is 12.8. The second-order valence-corrected chi connectivity index (χ2v) is 9.81. The first-order chi connectivity index (χ1) is 16.0. The van der Waals surface area contributed by atoms with Crippen molar-refractivity contribution in [2.45, 2.75) is 57.5 Å². The normalized spacial score (nSPS) is 18.1. The van der Waals surface area contributed by atoms with Gasteiger partial charge in [0.15, 0.2) is 5.60 Å². The van der Waals surface area contributed by atoms with Crippen molar-refractivity contribution in [3.05, 3.63) is 64.7 Å². The number of rotatable bonds is 8. The highest BCUT2D eigenvalue weighted by Crippen LogP contribution is 2.45. The number of carboxylic acid groups (broad SMARTS) is 1. The third-order valence-electron chi connectivity index (χ3n) is 6.53. The molecule has 8 heteroatoms. The van der Waals surface area contributed by atoms with E-state index in [4.69, 9.17) is 4.74 Å². The number of carbonyl (C=O) groups is 1. The molecule has 0 aromatic heterocycles. The number of hydrogen-bond donors (Lipinski definition) is 1.